The Morgan fingerprint density at radius 3 is 2.89 bits per heavy atom. The fraction of sp³-hybridized carbons (Fsp3) is 0.267. The highest BCUT2D eigenvalue weighted by atomic mass is 16.5. The molecule has 0 saturated heterocycles. The van der Waals surface area contributed by atoms with Crippen molar-refractivity contribution in [2.75, 3.05) is 6.61 Å². The SMILES string of the molecule is CCOc1cccc2c1ccn2CCn1ccnc1. The second-order valence-electron chi connectivity index (χ2n) is 4.43. The maximum absolute atomic E-state index is 5.65. The molecule has 0 aliphatic carbocycles. The summed E-state index contributed by atoms with van der Waals surface area (Å²) in [5.41, 5.74) is 1.21. The lowest BCUT2D eigenvalue weighted by Gasteiger charge is -2.08. The number of nitrogens with zero attached hydrogens (tertiary/aromatic N) is 3. The molecule has 4 heteroatoms. The van der Waals surface area contributed by atoms with Gasteiger partial charge in [0.2, 0.25) is 0 Å². The van der Waals surface area contributed by atoms with Gasteiger partial charge in [0.15, 0.2) is 0 Å². The fourth-order valence-corrected chi connectivity index (χ4v) is 2.31. The molecule has 0 saturated carbocycles. The van der Waals surface area contributed by atoms with Crippen LogP contribution in [0.1, 0.15) is 6.92 Å². The predicted molar refractivity (Wildman–Crippen MR) is 75.3 cm³/mol. The summed E-state index contributed by atoms with van der Waals surface area (Å²) >= 11 is 0. The molecule has 0 amide bonds. The monoisotopic (exact) mass is 255 g/mol. The predicted octanol–water partition coefficient (Wildman–Crippen LogP) is 2.94. The van der Waals surface area contributed by atoms with Gasteiger partial charge >= 0.3 is 0 Å². The Labute approximate surface area is 112 Å². The summed E-state index contributed by atoms with van der Waals surface area (Å²) in [6, 6.07) is 8.31. The quantitative estimate of drug-likeness (QED) is 0.702. The van der Waals surface area contributed by atoms with Gasteiger partial charge in [-0.25, -0.2) is 4.98 Å². The number of benzene rings is 1. The molecule has 0 spiro atoms. The van der Waals surface area contributed by atoms with Crippen molar-refractivity contribution < 1.29 is 4.74 Å². The van der Waals surface area contributed by atoms with Gasteiger partial charge in [0.05, 0.1) is 18.5 Å². The lowest BCUT2D eigenvalue weighted by molar-refractivity contribution is 0.344. The minimum Gasteiger partial charge on any atom is -0.493 e. The molecule has 0 aliphatic heterocycles. The first kappa shape index (κ1) is 11.8. The Balaban J connectivity index is 1.86. The molecule has 0 aliphatic rings. The van der Waals surface area contributed by atoms with Crippen molar-refractivity contribution in [1.82, 2.24) is 14.1 Å². The van der Waals surface area contributed by atoms with Crippen molar-refractivity contribution in [1.29, 1.82) is 0 Å². The van der Waals surface area contributed by atoms with Gasteiger partial charge in [0.25, 0.3) is 0 Å². The van der Waals surface area contributed by atoms with E-state index in [9.17, 15) is 0 Å². The van der Waals surface area contributed by atoms with Gasteiger partial charge in [-0.2, -0.15) is 0 Å². The van der Waals surface area contributed by atoms with Crippen LogP contribution in [0.4, 0.5) is 0 Å². The van der Waals surface area contributed by atoms with Crippen LogP contribution in [0.25, 0.3) is 10.9 Å². The summed E-state index contributed by atoms with van der Waals surface area (Å²) < 4.78 is 9.98. The third kappa shape index (κ3) is 2.34. The van der Waals surface area contributed by atoms with Crippen molar-refractivity contribution in [3.8, 4) is 5.75 Å². The molecule has 2 aromatic heterocycles. The molecule has 0 unspecified atom stereocenters. The van der Waals surface area contributed by atoms with Crippen LogP contribution in [0, 0.1) is 0 Å². The van der Waals surface area contributed by atoms with Crippen molar-refractivity contribution in [3.63, 3.8) is 0 Å². The van der Waals surface area contributed by atoms with Crippen LogP contribution in [-0.2, 0) is 13.1 Å². The van der Waals surface area contributed by atoms with Crippen molar-refractivity contribution in [2.45, 2.75) is 20.0 Å². The highest BCUT2D eigenvalue weighted by molar-refractivity contribution is 5.86. The maximum atomic E-state index is 5.65. The Bertz CT molecular complexity index is 655. The van der Waals surface area contributed by atoms with Crippen LogP contribution in [0.2, 0.25) is 0 Å². The van der Waals surface area contributed by atoms with Crippen LogP contribution in [0.5, 0.6) is 5.75 Å². The molecule has 3 aromatic rings. The molecule has 1 aromatic carbocycles. The van der Waals surface area contributed by atoms with E-state index in [0.717, 1.165) is 18.8 Å². The lowest BCUT2D eigenvalue weighted by Crippen LogP contribution is -2.04. The number of aryl methyl sites for hydroxylation is 2. The van der Waals surface area contributed by atoms with Gasteiger partial charge in [-0.1, -0.05) is 6.07 Å². The molecule has 0 N–H and O–H groups in total. The Morgan fingerprint density at radius 2 is 2.11 bits per heavy atom. The zero-order chi connectivity index (χ0) is 13.1. The zero-order valence-electron chi connectivity index (χ0n) is 11.0. The molecule has 98 valence electrons. The van der Waals surface area contributed by atoms with Crippen LogP contribution in [0.15, 0.2) is 49.2 Å². The molecule has 0 bridgehead atoms. The first-order chi connectivity index (χ1) is 9.38. The molecule has 19 heavy (non-hydrogen) atoms. The topological polar surface area (TPSA) is 32.0 Å². The van der Waals surface area contributed by atoms with Crippen molar-refractivity contribution in [3.05, 3.63) is 49.2 Å². The number of fused-ring (bicyclic) bond motifs is 1. The summed E-state index contributed by atoms with van der Waals surface area (Å²) in [6.45, 7) is 4.55. The second-order valence-corrected chi connectivity index (χ2v) is 4.43. The van der Waals surface area contributed by atoms with Crippen molar-refractivity contribution >= 4 is 10.9 Å². The number of ether oxygens (including phenoxy) is 1. The van der Waals surface area contributed by atoms with Gasteiger partial charge in [-0.15, -0.1) is 0 Å². The number of hydrogen-bond acceptors (Lipinski definition) is 2. The normalized spacial score (nSPS) is 11.0. The molecule has 3 rings (SSSR count). The molecular weight excluding hydrogens is 238 g/mol. The third-order valence-electron chi connectivity index (χ3n) is 3.23. The van der Waals surface area contributed by atoms with Gasteiger partial charge in [-0.05, 0) is 25.1 Å². The van der Waals surface area contributed by atoms with Crippen LogP contribution in [0.3, 0.4) is 0 Å². The molecular formula is C15H17N3O. The van der Waals surface area contributed by atoms with E-state index >= 15 is 0 Å². The van der Waals surface area contributed by atoms with E-state index in [4.69, 9.17) is 4.74 Å². The highest BCUT2D eigenvalue weighted by Gasteiger charge is 2.05. The summed E-state index contributed by atoms with van der Waals surface area (Å²) in [7, 11) is 0. The van der Waals surface area contributed by atoms with E-state index in [0.29, 0.717) is 6.61 Å². The van der Waals surface area contributed by atoms with Crippen LogP contribution < -0.4 is 4.74 Å². The van der Waals surface area contributed by atoms with E-state index < -0.39 is 0 Å². The second kappa shape index (κ2) is 5.18. The molecule has 0 atom stereocenters. The standard InChI is InChI=1S/C15H17N3O/c1-2-19-15-5-3-4-14-13(15)6-8-18(14)11-10-17-9-7-16-12-17/h3-9,12H,2,10-11H2,1H3. The number of aromatic nitrogens is 3. The number of rotatable bonds is 5. The summed E-state index contributed by atoms with van der Waals surface area (Å²) in [4.78, 5) is 4.06. The minimum absolute atomic E-state index is 0.694. The Hall–Kier alpha value is -2.23. The van der Waals surface area contributed by atoms with E-state index in [-0.39, 0.29) is 0 Å². The van der Waals surface area contributed by atoms with Gasteiger partial charge < -0.3 is 13.9 Å². The third-order valence-corrected chi connectivity index (χ3v) is 3.23. The Kier molecular flexibility index (Phi) is 3.23. The minimum atomic E-state index is 0.694. The number of hydrogen-bond donors (Lipinski definition) is 0. The van der Waals surface area contributed by atoms with E-state index in [1.165, 1.54) is 10.9 Å². The molecule has 2 heterocycles. The average molecular weight is 255 g/mol. The smallest absolute Gasteiger partial charge is 0.128 e. The highest BCUT2D eigenvalue weighted by Crippen LogP contribution is 2.26. The van der Waals surface area contributed by atoms with Crippen LogP contribution in [-0.4, -0.2) is 20.7 Å². The van der Waals surface area contributed by atoms with E-state index in [1.807, 2.05) is 31.6 Å². The molecule has 4 nitrogen and oxygen atoms in total. The van der Waals surface area contributed by atoms with Gasteiger partial charge in [0, 0.05) is 37.1 Å². The Morgan fingerprint density at radius 1 is 1.16 bits per heavy atom. The summed E-state index contributed by atoms with van der Waals surface area (Å²) in [5, 5.41) is 1.18. The molecule has 0 radical (unpaired) electrons. The van der Waals surface area contributed by atoms with Crippen molar-refractivity contribution in [2.24, 2.45) is 0 Å². The molecule has 0 fully saturated rings. The zero-order valence-corrected chi connectivity index (χ0v) is 11.0. The van der Waals surface area contributed by atoms with E-state index in [1.54, 1.807) is 6.20 Å². The van der Waals surface area contributed by atoms with Gasteiger partial charge in [-0.3, -0.25) is 0 Å². The average Bonchev–Trinajstić information content (AvgIpc) is 3.06. The van der Waals surface area contributed by atoms with Crippen LogP contribution >= 0.6 is 0 Å². The lowest BCUT2D eigenvalue weighted by atomic mass is 10.2. The first-order valence-electron chi connectivity index (χ1n) is 6.55. The summed E-state index contributed by atoms with van der Waals surface area (Å²) in [6.07, 6.45) is 7.75. The number of imidazole rings is 1. The fourth-order valence-electron chi connectivity index (χ4n) is 2.31. The maximum Gasteiger partial charge on any atom is 0.128 e. The largest absolute Gasteiger partial charge is 0.493 e. The summed E-state index contributed by atoms with van der Waals surface area (Å²) in [5.74, 6) is 0.960. The van der Waals surface area contributed by atoms with Gasteiger partial charge in [0.1, 0.15) is 5.75 Å². The first-order valence-corrected chi connectivity index (χ1v) is 6.55. The van der Waals surface area contributed by atoms with E-state index in [2.05, 4.69) is 32.4 Å².